The van der Waals surface area contributed by atoms with E-state index < -0.39 is 6.61 Å². The predicted molar refractivity (Wildman–Crippen MR) is 62.9 cm³/mol. The summed E-state index contributed by atoms with van der Waals surface area (Å²) in [5.41, 5.74) is 1.10. The molecule has 0 unspecified atom stereocenters. The van der Waals surface area contributed by atoms with Crippen LogP contribution in [0.25, 0.3) is 0 Å². The molecule has 5 heteroatoms. The minimum atomic E-state index is -2.84. The quantitative estimate of drug-likeness (QED) is 0.900. The number of piperidine rings is 1. The Bertz CT molecular complexity index is 381. The molecule has 1 aliphatic rings. The van der Waals surface area contributed by atoms with Gasteiger partial charge in [-0.05, 0) is 49.5 Å². The van der Waals surface area contributed by atoms with Crippen LogP contribution in [0.3, 0.4) is 0 Å². The molecule has 1 heterocycles. The van der Waals surface area contributed by atoms with Crippen molar-refractivity contribution in [3.05, 3.63) is 28.8 Å². The van der Waals surface area contributed by atoms with Crippen LogP contribution in [0.4, 0.5) is 8.78 Å². The molecule has 0 atom stereocenters. The number of benzene rings is 1. The number of halogens is 3. The van der Waals surface area contributed by atoms with Crippen molar-refractivity contribution in [1.29, 1.82) is 0 Å². The Kier molecular flexibility index (Phi) is 4.18. The van der Waals surface area contributed by atoms with E-state index in [-0.39, 0.29) is 10.8 Å². The highest BCUT2D eigenvalue weighted by atomic mass is 35.5. The fraction of sp³-hybridized carbons (Fsp3) is 0.500. The highest BCUT2D eigenvalue weighted by molar-refractivity contribution is 6.32. The molecule has 1 aromatic carbocycles. The van der Waals surface area contributed by atoms with Crippen LogP contribution in [0, 0.1) is 0 Å². The zero-order valence-electron chi connectivity index (χ0n) is 9.26. The van der Waals surface area contributed by atoms with Crippen LogP contribution in [-0.2, 0) is 0 Å². The van der Waals surface area contributed by atoms with Gasteiger partial charge in [-0.3, -0.25) is 0 Å². The van der Waals surface area contributed by atoms with Crippen molar-refractivity contribution in [2.24, 2.45) is 0 Å². The smallest absolute Gasteiger partial charge is 0.387 e. The maximum absolute atomic E-state index is 12.1. The summed E-state index contributed by atoms with van der Waals surface area (Å²) in [5.74, 6) is 0.494. The third kappa shape index (κ3) is 3.30. The zero-order valence-corrected chi connectivity index (χ0v) is 10.0. The van der Waals surface area contributed by atoms with Gasteiger partial charge in [-0.2, -0.15) is 8.78 Å². The van der Waals surface area contributed by atoms with E-state index >= 15 is 0 Å². The maximum Gasteiger partial charge on any atom is 0.387 e. The normalized spacial score (nSPS) is 17.4. The SMILES string of the molecule is FC(F)Oc1ccc(C2CCNCC2)cc1Cl. The Morgan fingerprint density at radius 1 is 1.29 bits per heavy atom. The standard InChI is InChI=1S/C12H14ClF2NO/c13-10-7-9(8-3-5-16-6-4-8)1-2-11(10)17-12(14)15/h1-2,7-8,12,16H,3-6H2. The molecule has 0 amide bonds. The third-order valence-corrected chi connectivity index (χ3v) is 3.28. The molecule has 0 saturated carbocycles. The molecule has 0 bridgehead atoms. The van der Waals surface area contributed by atoms with Gasteiger partial charge < -0.3 is 10.1 Å². The van der Waals surface area contributed by atoms with Crippen LogP contribution in [0.15, 0.2) is 18.2 Å². The predicted octanol–water partition coefficient (Wildman–Crippen LogP) is 3.41. The minimum Gasteiger partial charge on any atom is -0.433 e. The van der Waals surface area contributed by atoms with Crippen LogP contribution in [0.1, 0.15) is 24.3 Å². The maximum atomic E-state index is 12.1. The monoisotopic (exact) mass is 261 g/mol. The van der Waals surface area contributed by atoms with Gasteiger partial charge in [0.25, 0.3) is 0 Å². The van der Waals surface area contributed by atoms with Gasteiger partial charge >= 0.3 is 6.61 Å². The third-order valence-electron chi connectivity index (χ3n) is 2.98. The first-order valence-corrected chi connectivity index (χ1v) is 5.99. The van der Waals surface area contributed by atoms with Gasteiger partial charge in [0.2, 0.25) is 0 Å². The second-order valence-corrected chi connectivity index (χ2v) is 4.50. The second-order valence-electron chi connectivity index (χ2n) is 4.09. The van der Waals surface area contributed by atoms with Gasteiger partial charge in [0.15, 0.2) is 0 Å². The summed E-state index contributed by atoms with van der Waals surface area (Å²) in [6, 6.07) is 5.07. The number of hydrogen-bond donors (Lipinski definition) is 1. The van der Waals surface area contributed by atoms with Gasteiger partial charge in [-0.1, -0.05) is 17.7 Å². The van der Waals surface area contributed by atoms with Crippen molar-refractivity contribution >= 4 is 11.6 Å². The number of hydrogen-bond acceptors (Lipinski definition) is 2. The molecular formula is C12H14ClF2NO. The van der Waals surface area contributed by atoms with Crippen molar-refractivity contribution in [1.82, 2.24) is 5.32 Å². The Morgan fingerprint density at radius 2 is 2.00 bits per heavy atom. The Balaban J connectivity index is 2.12. The van der Waals surface area contributed by atoms with E-state index in [1.807, 2.05) is 6.07 Å². The first kappa shape index (κ1) is 12.6. The zero-order chi connectivity index (χ0) is 12.3. The highest BCUT2D eigenvalue weighted by Crippen LogP contribution is 2.32. The summed E-state index contributed by atoms with van der Waals surface area (Å²) in [4.78, 5) is 0. The Hall–Kier alpha value is -0.870. The summed E-state index contributed by atoms with van der Waals surface area (Å²) in [5, 5.41) is 3.53. The molecule has 2 rings (SSSR count). The topological polar surface area (TPSA) is 21.3 Å². The summed E-state index contributed by atoms with van der Waals surface area (Å²) < 4.78 is 28.4. The number of alkyl halides is 2. The van der Waals surface area contributed by atoms with Crippen LogP contribution < -0.4 is 10.1 Å². The molecule has 1 aromatic rings. The summed E-state index contributed by atoms with van der Waals surface area (Å²) in [6.45, 7) is -0.868. The first-order valence-electron chi connectivity index (χ1n) is 5.62. The van der Waals surface area contributed by atoms with E-state index in [4.69, 9.17) is 11.6 Å². The van der Waals surface area contributed by atoms with E-state index in [1.54, 1.807) is 6.07 Å². The molecule has 0 aliphatic carbocycles. The summed E-state index contributed by atoms with van der Waals surface area (Å²) >= 11 is 5.92. The molecule has 0 radical (unpaired) electrons. The molecule has 17 heavy (non-hydrogen) atoms. The van der Waals surface area contributed by atoms with Crippen molar-refractivity contribution in [2.45, 2.75) is 25.4 Å². The molecule has 0 spiro atoms. The molecule has 1 fully saturated rings. The molecule has 2 nitrogen and oxygen atoms in total. The molecule has 1 saturated heterocycles. The number of rotatable bonds is 3. The molecule has 0 aromatic heterocycles. The highest BCUT2D eigenvalue weighted by Gasteiger charge is 2.17. The van der Waals surface area contributed by atoms with Crippen LogP contribution in [0.5, 0.6) is 5.75 Å². The Labute approximate surface area is 104 Å². The van der Waals surface area contributed by atoms with Crippen LogP contribution in [0.2, 0.25) is 5.02 Å². The number of nitrogens with one attached hydrogen (secondary N) is 1. The van der Waals surface area contributed by atoms with E-state index in [0.717, 1.165) is 31.5 Å². The first-order chi connectivity index (χ1) is 8.16. The minimum absolute atomic E-state index is 0.0411. The lowest BCUT2D eigenvalue weighted by molar-refractivity contribution is -0.0497. The lowest BCUT2D eigenvalue weighted by Crippen LogP contribution is -2.26. The van der Waals surface area contributed by atoms with E-state index in [9.17, 15) is 8.78 Å². The lowest BCUT2D eigenvalue weighted by atomic mass is 9.90. The second kappa shape index (κ2) is 5.65. The molecule has 94 valence electrons. The lowest BCUT2D eigenvalue weighted by Gasteiger charge is -2.23. The fourth-order valence-electron chi connectivity index (χ4n) is 2.12. The largest absolute Gasteiger partial charge is 0.433 e. The molecule has 1 N–H and O–H groups in total. The van der Waals surface area contributed by atoms with E-state index in [0.29, 0.717) is 5.92 Å². The van der Waals surface area contributed by atoms with Crippen molar-refractivity contribution in [3.8, 4) is 5.75 Å². The van der Waals surface area contributed by atoms with Gasteiger partial charge in [-0.15, -0.1) is 0 Å². The average Bonchev–Trinajstić information content (AvgIpc) is 2.32. The Morgan fingerprint density at radius 3 is 2.59 bits per heavy atom. The summed E-state index contributed by atoms with van der Waals surface area (Å²) in [7, 11) is 0. The fourth-order valence-corrected chi connectivity index (χ4v) is 2.35. The van der Waals surface area contributed by atoms with Gasteiger partial charge in [0.1, 0.15) is 5.75 Å². The average molecular weight is 262 g/mol. The van der Waals surface area contributed by atoms with Gasteiger partial charge in [-0.25, -0.2) is 0 Å². The molecule has 1 aliphatic heterocycles. The van der Waals surface area contributed by atoms with Crippen molar-refractivity contribution < 1.29 is 13.5 Å². The van der Waals surface area contributed by atoms with E-state index in [1.165, 1.54) is 6.07 Å². The van der Waals surface area contributed by atoms with Gasteiger partial charge in [0, 0.05) is 0 Å². The number of ether oxygens (including phenoxy) is 1. The van der Waals surface area contributed by atoms with Crippen LogP contribution in [-0.4, -0.2) is 19.7 Å². The summed E-state index contributed by atoms with van der Waals surface area (Å²) in [6.07, 6.45) is 2.09. The van der Waals surface area contributed by atoms with Crippen molar-refractivity contribution in [3.63, 3.8) is 0 Å². The van der Waals surface area contributed by atoms with Crippen LogP contribution >= 0.6 is 11.6 Å². The van der Waals surface area contributed by atoms with Crippen molar-refractivity contribution in [2.75, 3.05) is 13.1 Å². The molecular weight excluding hydrogens is 248 g/mol. The van der Waals surface area contributed by atoms with Gasteiger partial charge in [0.05, 0.1) is 5.02 Å². The van der Waals surface area contributed by atoms with E-state index in [2.05, 4.69) is 10.1 Å².